The Morgan fingerprint density at radius 1 is 1.17 bits per heavy atom. The lowest BCUT2D eigenvalue weighted by atomic mass is 10.2. The molecule has 3 aromatic rings. The molecule has 0 aliphatic heterocycles. The molecular weight excluding hydrogens is 226 g/mol. The van der Waals surface area contributed by atoms with Crippen LogP contribution in [0, 0.1) is 6.92 Å². The molecule has 0 saturated heterocycles. The number of fused-ring (bicyclic) bond motifs is 1. The molecule has 1 aromatic heterocycles. The highest BCUT2D eigenvalue weighted by Gasteiger charge is 2.12. The SMILES string of the molecule is Cc1ccc2nc(N)n(-c3ccccc3O)c2c1. The van der Waals surface area contributed by atoms with Crippen molar-refractivity contribution < 1.29 is 5.11 Å². The summed E-state index contributed by atoms with van der Waals surface area (Å²) in [6.45, 7) is 2.01. The van der Waals surface area contributed by atoms with Gasteiger partial charge < -0.3 is 10.8 Å². The third-order valence-electron chi connectivity index (χ3n) is 2.96. The van der Waals surface area contributed by atoms with Crippen LogP contribution in [0.4, 0.5) is 5.95 Å². The number of phenols is 1. The van der Waals surface area contributed by atoms with Gasteiger partial charge in [0.15, 0.2) is 0 Å². The number of hydrogen-bond acceptors (Lipinski definition) is 3. The van der Waals surface area contributed by atoms with Gasteiger partial charge in [0.25, 0.3) is 0 Å². The molecule has 0 aliphatic rings. The molecule has 0 unspecified atom stereocenters. The minimum atomic E-state index is 0.185. The molecule has 1 heterocycles. The zero-order chi connectivity index (χ0) is 12.7. The number of nitrogens with two attached hydrogens (primary N) is 1. The summed E-state index contributed by atoms with van der Waals surface area (Å²) >= 11 is 0. The van der Waals surface area contributed by atoms with Crippen molar-refractivity contribution in [3.05, 3.63) is 48.0 Å². The van der Waals surface area contributed by atoms with Gasteiger partial charge in [-0.15, -0.1) is 0 Å². The van der Waals surface area contributed by atoms with Crippen LogP contribution in [0.3, 0.4) is 0 Å². The van der Waals surface area contributed by atoms with Crippen molar-refractivity contribution >= 4 is 17.0 Å². The van der Waals surface area contributed by atoms with E-state index in [1.54, 1.807) is 16.7 Å². The van der Waals surface area contributed by atoms with Crippen LogP contribution in [0.1, 0.15) is 5.56 Å². The van der Waals surface area contributed by atoms with Crippen LogP contribution in [0.25, 0.3) is 16.7 Å². The first-order valence-corrected chi connectivity index (χ1v) is 5.70. The van der Waals surface area contributed by atoms with Crippen LogP contribution in [0.2, 0.25) is 0 Å². The Bertz CT molecular complexity index is 731. The van der Waals surface area contributed by atoms with Crippen LogP contribution in [0.5, 0.6) is 5.75 Å². The first kappa shape index (κ1) is 10.7. The minimum Gasteiger partial charge on any atom is -0.506 e. The van der Waals surface area contributed by atoms with Crippen molar-refractivity contribution in [1.29, 1.82) is 0 Å². The molecule has 0 spiro atoms. The number of anilines is 1. The number of aryl methyl sites for hydroxylation is 1. The van der Waals surface area contributed by atoms with E-state index in [2.05, 4.69) is 4.98 Å². The number of nitrogens with zero attached hydrogens (tertiary/aromatic N) is 2. The van der Waals surface area contributed by atoms with Crippen LogP contribution in [-0.2, 0) is 0 Å². The Labute approximate surface area is 104 Å². The van der Waals surface area contributed by atoms with Gasteiger partial charge in [-0.25, -0.2) is 4.98 Å². The first-order valence-electron chi connectivity index (χ1n) is 5.70. The van der Waals surface area contributed by atoms with Crippen molar-refractivity contribution in [2.24, 2.45) is 0 Å². The Morgan fingerprint density at radius 2 is 1.94 bits per heavy atom. The summed E-state index contributed by atoms with van der Waals surface area (Å²) in [5.74, 6) is 0.558. The van der Waals surface area contributed by atoms with E-state index >= 15 is 0 Å². The molecule has 0 bridgehead atoms. The van der Waals surface area contributed by atoms with Crippen molar-refractivity contribution in [1.82, 2.24) is 9.55 Å². The maximum Gasteiger partial charge on any atom is 0.206 e. The monoisotopic (exact) mass is 239 g/mol. The Hall–Kier alpha value is -2.49. The third-order valence-corrected chi connectivity index (χ3v) is 2.96. The normalized spacial score (nSPS) is 10.9. The fourth-order valence-corrected chi connectivity index (χ4v) is 2.11. The molecule has 90 valence electrons. The topological polar surface area (TPSA) is 64.1 Å². The lowest BCUT2D eigenvalue weighted by Crippen LogP contribution is -2.00. The van der Waals surface area contributed by atoms with Gasteiger partial charge in [0.2, 0.25) is 5.95 Å². The molecule has 0 amide bonds. The third kappa shape index (κ3) is 1.50. The van der Waals surface area contributed by atoms with E-state index < -0.39 is 0 Å². The zero-order valence-corrected chi connectivity index (χ0v) is 9.96. The lowest BCUT2D eigenvalue weighted by molar-refractivity contribution is 0.473. The summed E-state index contributed by atoms with van der Waals surface area (Å²) in [6.07, 6.45) is 0. The molecule has 2 aromatic carbocycles. The lowest BCUT2D eigenvalue weighted by Gasteiger charge is -2.08. The van der Waals surface area contributed by atoms with Gasteiger partial charge in [-0.2, -0.15) is 0 Å². The predicted octanol–water partition coefficient (Wildman–Crippen LogP) is 2.62. The molecule has 3 rings (SSSR count). The Balaban J connectivity index is 2.38. The number of aromatic nitrogens is 2. The number of rotatable bonds is 1. The number of phenolic OH excluding ortho intramolecular Hbond substituents is 1. The average Bonchev–Trinajstić information content (AvgIpc) is 2.66. The molecule has 0 radical (unpaired) electrons. The van der Waals surface area contributed by atoms with Crippen molar-refractivity contribution in [2.75, 3.05) is 5.73 Å². The number of aromatic hydroxyl groups is 1. The summed E-state index contributed by atoms with van der Waals surface area (Å²) in [5.41, 5.74) is 9.43. The molecule has 3 N–H and O–H groups in total. The Morgan fingerprint density at radius 3 is 2.72 bits per heavy atom. The molecule has 4 nitrogen and oxygen atoms in total. The standard InChI is InChI=1S/C14H13N3O/c1-9-6-7-10-12(8-9)17(14(15)16-10)11-4-2-3-5-13(11)18/h2-8,18H,1H3,(H2,15,16). The molecule has 0 aliphatic carbocycles. The largest absolute Gasteiger partial charge is 0.506 e. The van der Waals surface area contributed by atoms with Crippen LogP contribution >= 0.6 is 0 Å². The van der Waals surface area contributed by atoms with Gasteiger partial charge in [-0.05, 0) is 36.8 Å². The van der Waals surface area contributed by atoms with Crippen molar-refractivity contribution in [3.8, 4) is 11.4 Å². The summed E-state index contributed by atoms with van der Waals surface area (Å²) in [5, 5.41) is 9.93. The van der Waals surface area contributed by atoms with E-state index in [-0.39, 0.29) is 5.75 Å². The second-order valence-electron chi connectivity index (χ2n) is 4.29. The van der Waals surface area contributed by atoms with E-state index in [1.807, 2.05) is 37.3 Å². The van der Waals surface area contributed by atoms with Gasteiger partial charge in [0.1, 0.15) is 5.75 Å². The maximum absolute atomic E-state index is 9.93. The summed E-state index contributed by atoms with van der Waals surface area (Å²) in [6, 6.07) is 13.0. The molecule has 4 heteroatoms. The predicted molar refractivity (Wildman–Crippen MR) is 71.9 cm³/mol. The number of benzene rings is 2. The van der Waals surface area contributed by atoms with Crippen LogP contribution in [-0.4, -0.2) is 14.7 Å². The van der Waals surface area contributed by atoms with Gasteiger partial charge >= 0.3 is 0 Å². The highest BCUT2D eigenvalue weighted by atomic mass is 16.3. The zero-order valence-electron chi connectivity index (χ0n) is 9.96. The fraction of sp³-hybridized carbons (Fsp3) is 0.0714. The Kier molecular flexibility index (Phi) is 2.23. The van der Waals surface area contributed by atoms with Crippen LogP contribution in [0.15, 0.2) is 42.5 Å². The number of imidazole rings is 1. The number of nitrogen functional groups attached to an aromatic ring is 1. The quantitative estimate of drug-likeness (QED) is 0.686. The molecule has 0 saturated carbocycles. The smallest absolute Gasteiger partial charge is 0.206 e. The molecule has 0 atom stereocenters. The average molecular weight is 239 g/mol. The number of para-hydroxylation sites is 2. The summed E-state index contributed by atoms with van der Waals surface area (Å²) < 4.78 is 1.76. The van der Waals surface area contributed by atoms with Gasteiger partial charge in [0, 0.05) is 0 Å². The minimum absolute atomic E-state index is 0.185. The fourth-order valence-electron chi connectivity index (χ4n) is 2.11. The van der Waals surface area contributed by atoms with E-state index in [1.165, 1.54) is 0 Å². The maximum atomic E-state index is 9.93. The van der Waals surface area contributed by atoms with Gasteiger partial charge in [-0.3, -0.25) is 4.57 Å². The highest BCUT2D eigenvalue weighted by Crippen LogP contribution is 2.28. The van der Waals surface area contributed by atoms with Crippen LogP contribution < -0.4 is 5.73 Å². The highest BCUT2D eigenvalue weighted by molar-refractivity contribution is 5.82. The molecule has 0 fully saturated rings. The molecular formula is C14H13N3O. The van der Waals surface area contributed by atoms with E-state index in [9.17, 15) is 5.11 Å². The van der Waals surface area contributed by atoms with Gasteiger partial charge in [0.05, 0.1) is 16.7 Å². The van der Waals surface area contributed by atoms with E-state index in [4.69, 9.17) is 5.73 Å². The molecule has 18 heavy (non-hydrogen) atoms. The van der Waals surface area contributed by atoms with Crippen molar-refractivity contribution in [3.63, 3.8) is 0 Å². The second kappa shape index (κ2) is 3.77. The van der Waals surface area contributed by atoms with E-state index in [0.29, 0.717) is 11.6 Å². The second-order valence-corrected chi connectivity index (χ2v) is 4.29. The first-order chi connectivity index (χ1) is 8.66. The van der Waals surface area contributed by atoms with E-state index in [0.717, 1.165) is 16.6 Å². The van der Waals surface area contributed by atoms with Crippen molar-refractivity contribution in [2.45, 2.75) is 6.92 Å². The summed E-state index contributed by atoms with van der Waals surface area (Å²) in [7, 11) is 0. The summed E-state index contributed by atoms with van der Waals surface area (Å²) in [4.78, 5) is 4.30. The van der Waals surface area contributed by atoms with Gasteiger partial charge in [-0.1, -0.05) is 18.2 Å². The number of hydrogen-bond donors (Lipinski definition) is 2.